The van der Waals surface area contributed by atoms with Crippen molar-refractivity contribution in [3.05, 3.63) is 69.2 Å². The van der Waals surface area contributed by atoms with Gasteiger partial charge in [0.1, 0.15) is 6.10 Å². The van der Waals surface area contributed by atoms with Crippen LogP contribution in [-0.2, 0) is 15.3 Å². The van der Waals surface area contributed by atoms with Crippen LogP contribution < -0.4 is 0 Å². The minimum atomic E-state index is -2.01. The number of hydrogen-bond acceptors (Lipinski definition) is 6. The number of nitriles is 3. The third-order valence-electron chi connectivity index (χ3n) is 6.08. The lowest BCUT2D eigenvalue weighted by Crippen LogP contribution is -2.57. The van der Waals surface area contributed by atoms with E-state index >= 15 is 0 Å². The fourth-order valence-corrected chi connectivity index (χ4v) is 5.22. The molecular weight excluding hydrogens is 468 g/mol. The van der Waals surface area contributed by atoms with Gasteiger partial charge in [0.25, 0.3) is 0 Å². The zero-order chi connectivity index (χ0) is 21.7. The zero-order valence-corrected chi connectivity index (χ0v) is 18.0. The maximum atomic E-state index is 10.3. The molecule has 2 aliphatic rings. The van der Waals surface area contributed by atoms with E-state index in [1.165, 1.54) is 0 Å². The van der Waals surface area contributed by atoms with Crippen molar-refractivity contribution in [3.63, 3.8) is 0 Å². The van der Waals surface area contributed by atoms with Crippen LogP contribution in [0.2, 0.25) is 5.02 Å². The van der Waals surface area contributed by atoms with Crippen LogP contribution >= 0.6 is 27.5 Å². The molecule has 2 fully saturated rings. The first kappa shape index (κ1) is 20.4. The summed E-state index contributed by atoms with van der Waals surface area (Å²) in [7, 11) is 0. The molecule has 2 aliphatic heterocycles. The topological polar surface area (TPSA) is 114 Å². The van der Waals surface area contributed by atoms with Gasteiger partial charge in [-0.15, -0.1) is 0 Å². The Balaban J connectivity index is 2.08. The highest BCUT2D eigenvalue weighted by molar-refractivity contribution is 9.10. The third kappa shape index (κ3) is 2.27. The fraction of sp³-hybridized carbons (Fsp3) is 0.273. The number of nitrogens with one attached hydrogen (secondary N) is 1. The number of rotatable bonds is 2. The smallest absolute Gasteiger partial charge is 0.244 e. The predicted octanol–water partition coefficient (Wildman–Crippen LogP) is 5.21. The van der Waals surface area contributed by atoms with E-state index in [9.17, 15) is 15.8 Å². The van der Waals surface area contributed by atoms with Gasteiger partial charge in [-0.25, -0.2) is 0 Å². The van der Waals surface area contributed by atoms with Crippen molar-refractivity contribution in [1.82, 2.24) is 0 Å². The Kier molecular flexibility index (Phi) is 4.64. The second-order valence-electron chi connectivity index (χ2n) is 7.30. The van der Waals surface area contributed by atoms with Crippen molar-refractivity contribution in [2.45, 2.75) is 18.8 Å². The standard InChI is InChI=1S/C22H14BrClN4O2/c1-13-21(12-27)19(28)30-22(13,14-5-4-6-15(24)9-14)29-18(20(21,10-25)11-26)16-7-2-3-8-17(16)23/h2-9,13,18,28H,1H3. The van der Waals surface area contributed by atoms with Crippen LogP contribution in [0.15, 0.2) is 53.0 Å². The van der Waals surface area contributed by atoms with Gasteiger partial charge in [0.2, 0.25) is 17.1 Å². The molecule has 0 spiro atoms. The third-order valence-corrected chi connectivity index (χ3v) is 7.04. The Hall–Kier alpha value is -2.89. The highest BCUT2D eigenvalue weighted by Gasteiger charge is 2.79. The molecule has 0 amide bonds. The number of halogens is 2. The van der Waals surface area contributed by atoms with Crippen molar-refractivity contribution in [3.8, 4) is 18.2 Å². The van der Waals surface area contributed by atoms with Crippen LogP contribution in [0.3, 0.4) is 0 Å². The van der Waals surface area contributed by atoms with Gasteiger partial charge in [0.05, 0.1) is 24.1 Å². The molecule has 2 aromatic carbocycles. The van der Waals surface area contributed by atoms with E-state index in [1.807, 2.05) is 12.1 Å². The number of fused-ring (bicyclic) bond motifs is 2. The fourth-order valence-electron chi connectivity index (χ4n) is 4.54. The molecular formula is C22H14BrClN4O2. The number of hydrogen-bond donors (Lipinski definition) is 1. The Morgan fingerprint density at radius 2 is 1.77 bits per heavy atom. The molecule has 0 aromatic heterocycles. The molecule has 1 N–H and O–H groups in total. The van der Waals surface area contributed by atoms with E-state index in [0.717, 1.165) is 0 Å². The van der Waals surface area contributed by atoms with Crippen LogP contribution in [0.25, 0.3) is 0 Å². The summed E-state index contributed by atoms with van der Waals surface area (Å²) < 4.78 is 13.0. The molecule has 8 heteroatoms. The summed E-state index contributed by atoms with van der Waals surface area (Å²) in [6, 6.07) is 19.9. The molecule has 0 aliphatic carbocycles. The minimum absolute atomic E-state index is 0.428. The van der Waals surface area contributed by atoms with Crippen LogP contribution in [0.1, 0.15) is 24.2 Å². The zero-order valence-electron chi connectivity index (χ0n) is 15.7. The van der Waals surface area contributed by atoms with Gasteiger partial charge in [-0.1, -0.05) is 64.8 Å². The summed E-state index contributed by atoms with van der Waals surface area (Å²) in [5.74, 6) is -2.86. The van der Waals surface area contributed by atoms with Gasteiger partial charge in [0, 0.05) is 15.1 Å². The summed E-state index contributed by atoms with van der Waals surface area (Å²) in [5.41, 5.74) is -2.85. The summed E-state index contributed by atoms with van der Waals surface area (Å²) in [6.07, 6.45) is -1.17. The second-order valence-corrected chi connectivity index (χ2v) is 8.59. The lowest BCUT2D eigenvalue weighted by atomic mass is 9.53. The Labute approximate surface area is 186 Å². The molecule has 2 aromatic rings. The van der Waals surface area contributed by atoms with Gasteiger partial charge < -0.3 is 9.47 Å². The van der Waals surface area contributed by atoms with E-state index < -0.39 is 34.5 Å². The summed E-state index contributed by atoms with van der Waals surface area (Å²) in [4.78, 5) is 0. The molecule has 4 rings (SSSR count). The Morgan fingerprint density at radius 3 is 2.37 bits per heavy atom. The molecule has 2 heterocycles. The SMILES string of the molecule is CC1C2(c3cccc(Cl)c3)OC(=N)C1(C#N)C(C#N)(C#N)C(c1ccccc1Br)O2. The molecule has 6 nitrogen and oxygen atoms in total. The Bertz CT molecular complexity index is 1180. The van der Waals surface area contributed by atoms with Crippen LogP contribution in [0.4, 0.5) is 0 Å². The highest BCUT2D eigenvalue weighted by atomic mass is 79.9. The largest absolute Gasteiger partial charge is 0.443 e. The van der Waals surface area contributed by atoms with E-state index in [2.05, 4.69) is 22.0 Å². The summed E-state index contributed by atoms with van der Waals surface area (Å²) in [6.45, 7) is 1.66. The first-order valence-corrected chi connectivity index (χ1v) is 10.2. The van der Waals surface area contributed by atoms with E-state index in [4.69, 9.17) is 26.5 Å². The molecule has 2 bridgehead atoms. The van der Waals surface area contributed by atoms with Gasteiger partial charge in [0.15, 0.2) is 5.41 Å². The Morgan fingerprint density at radius 1 is 1.07 bits per heavy atom. The first-order chi connectivity index (χ1) is 14.3. The first-order valence-electron chi connectivity index (χ1n) is 9.03. The number of benzene rings is 2. The molecule has 0 saturated carbocycles. The molecule has 2 saturated heterocycles. The summed E-state index contributed by atoms with van der Waals surface area (Å²) in [5, 5.41) is 39.7. The quantitative estimate of drug-likeness (QED) is 0.632. The monoisotopic (exact) mass is 480 g/mol. The van der Waals surface area contributed by atoms with Crippen LogP contribution in [-0.4, -0.2) is 5.90 Å². The van der Waals surface area contributed by atoms with Crippen molar-refractivity contribution in [1.29, 1.82) is 21.2 Å². The molecule has 0 radical (unpaired) electrons. The number of ether oxygens (including phenoxy) is 2. The maximum absolute atomic E-state index is 10.3. The van der Waals surface area contributed by atoms with Gasteiger partial charge in [-0.3, -0.25) is 5.41 Å². The predicted molar refractivity (Wildman–Crippen MR) is 111 cm³/mol. The second kappa shape index (κ2) is 6.83. The van der Waals surface area contributed by atoms with Crippen molar-refractivity contribution < 1.29 is 9.47 Å². The van der Waals surface area contributed by atoms with Gasteiger partial charge >= 0.3 is 0 Å². The average Bonchev–Trinajstić information content (AvgIpc) is 2.91. The maximum Gasteiger partial charge on any atom is 0.244 e. The molecule has 148 valence electrons. The van der Waals surface area contributed by atoms with Crippen molar-refractivity contribution in [2.24, 2.45) is 16.7 Å². The van der Waals surface area contributed by atoms with Crippen molar-refractivity contribution in [2.75, 3.05) is 0 Å². The minimum Gasteiger partial charge on any atom is -0.443 e. The van der Waals surface area contributed by atoms with E-state index in [-0.39, 0.29) is 0 Å². The summed E-state index contributed by atoms with van der Waals surface area (Å²) >= 11 is 9.66. The molecule has 4 unspecified atom stereocenters. The van der Waals surface area contributed by atoms with Crippen LogP contribution in [0.5, 0.6) is 0 Å². The van der Waals surface area contributed by atoms with E-state index in [1.54, 1.807) is 55.5 Å². The normalized spacial score (nSPS) is 31.1. The van der Waals surface area contributed by atoms with Gasteiger partial charge in [-0.05, 0) is 23.8 Å². The number of nitrogens with zero attached hydrogens (tertiary/aromatic N) is 3. The average molecular weight is 482 g/mol. The van der Waals surface area contributed by atoms with Crippen molar-refractivity contribution >= 4 is 33.4 Å². The lowest BCUT2D eigenvalue weighted by molar-refractivity contribution is -0.288. The highest BCUT2D eigenvalue weighted by Crippen LogP contribution is 2.69. The molecule has 4 atom stereocenters. The van der Waals surface area contributed by atoms with E-state index in [0.29, 0.717) is 20.6 Å². The van der Waals surface area contributed by atoms with Gasteiger partial charge in [-0.2, -0.15) is 15.8 Å². The lowest BCUT2D eigenvalue weighted by Gasteiger charge is -2.49. The molecule has 30 heavy (non-hydrogen) atoms. The van der Waals surface area contributed by atoms with Crippen LogP contribution in [0, 0.1) is 56.2 Å².